The first-order valence-corrected chi connectivity index (χ1v) is 11.7. The monoisotopic (exact) mass is 457 g/mol. The van der Waals surface area contributed by atoms with Crippen molar-refractivity contribution in [2.24, 2.45) is 0 Å². The molecule has 2 N–H and O–H groups in total. The maximum Gasteiger partial charge on any atom is 0.338 e. The van der Waals surface area contributed by atoms with Crippen molar-refractivity contribution in [2.45, 2.75) is 32.7 Å². The van der Waals surface area contributed by atoms with Crippen molar-refractivity contribution < 1.29 is 19.1 Å². The largest absolute Gasteiger partial charge is 0.463 e. The van der Waals surface area contributed by atoms with Crippen LogP contribution in [0, 0.1) is 0 Å². The first kappa shape index (κ1) is 24.6. The molecule has 0 aromatic heterocycles. The summed E-state index contributed by atoms with van der Waals surface area (Å²) in [5.74, 6) is -0.427. The first-order chi connectivity index (χ1) is 16.0. The first-order valence-electron chi connectivity index (χ1n) is 11.7. The zero-order chi connectivity index (χ0) is 23.8. The van der Waals surface area contributed by atoms with E-state index in [1.807, 2.05) is 42.2 Å². The number of carbonyl (C=O) groups excluding carboxylic acids is 3. The molecule has 4 amide bonds. The molecule has 0 radical (unpaired) electrons. The summed E-state index contributed by atoms with van der Waals surface area (Å²) in [5.41, 5.74) is 1.91. The smallest absolute Gasteiger partial charge is 0.338 e. The minimum absolute atomic E-state index is 0.0385. The molecule has 9 nitrogen and oxygen atoms in total. The van der Waals surface area contributed by atoms with Gasteiger partial charge in [-0.3, -0.25) is 9.80 Å². The van der Waals surface area contributed by atoms with Gasteiger partial charge in [0.05, 0.1) is 18.2 Å². The molecule has 0 spiro atoms. The van der Waals surface area contributed by atoms with Gasteiger partial charge >= 0.3 is 18.0 Å². The molecule has 2 aliphatic rings. The topological polar surface area (TPSA) is 94.2 Å². The maximum absolute atomic E-state index is 13.1. The Labute approximate surface area is 195 Å². The van der Waals surface area contributed by atoms with Crippen LogP contribution >= 0.6 is 0 Å². The van der Waals surface area contributed by atoms with Crippen molar-refractivity contribution in [3.8, 4) is 0 Å². The number of nitrogens with one attached hydrogen (secondary N) is 2. The minimum atomic E-state index is -0.577. The minimum Gasteiger partial charge on any atom is -0.463 e. The van der Waals surface area contributed by atoms with E-state index < -0.39 is 12.0 Å². The Bertz CT molecular complexity index is 873. The Morgan fingerprint density at radius 2 is 1.88 bits per heavy atom. The third kappa shape index (κ3) is 6.04. The molecule has 3 rings (SSSR count). The molecule has 0 saturated carbocycles. The second-order valence-corrected chi connectivity index (χ2v) is 8.28. The van der Waals surface area contributed by atoms with E-state index in [9.17, 15) is 14.4 Å². The van der Waals surface area contributed by atoms with Gasteiger partial charge in [0.15, 0.2) is 0 Å². The zero-order valence-electron chi connectivity index (χ0n) is 19.8. The normalized spacial score (nSPS) is 19.7. The lowest BCUT2D eigenvalue weighted by Gasteiger charge is -2.36. The summed E-state index contributed by atoms with van der Waals surface area (Å²) in [5, 5.41) is 5.88. The van der Waals surface area contributed by atoms with Crippen LogP contribution in [0.3, 0.4) is 0 Å². The highest BCUT2D eigenvalue weighted by atomic mass is 16.5. The fraction of sp³-hybridized carbons (Fsp3) is 0.542. The van der Waals surface area contributed by atoms with Crippen LogP contribution in [0.2, 0.25) is 0 Å². The van der Waals surface area contributed by atoms with Gasteiger partial charge in [0.2, 0.25) is 0 Å². The van der Waals surface area contributed by atoms with E-state index in [0.717, 1.165) is 24.9 Å². The second-order valence-electron chi connectivity index (χ2n) is 8.28. The number of likely N-dealkylation sites (N-methyl/N-ethyl adjacent to an activating group) is 1. The van der Waals surface area contributed by atoms with Gasteiger partial charge in [-0.1, -0.05) is 37.3 Å². The molecule has 1 saturated heterocycles. The van der Waals surface area contributed by atoms with Gasteiger partial charge in [0, 0.05) is 52.0 Å². The molecule has 1 fully saturated rings. The standard InChI is InChI=1S/C24H35N5O4/c1-4-12-25-23(31)29-14-9-13-28(15-16-29)17-19-20(22(30)33-5-2)21(26-24(32)27(19)3)18-10-7-6-8-11-18/h6-8,10-11,21H,4-5,9,12-17H2,1-3H3,(H,25,31)(H,26,32)/t21-/m0/s1. The van der Waals surface area contributed by atoms with Crippen molar-refractivity contribution >= 4 is 18.0 Å². The summed E-state index contributed by atoms with van der Waals surface area (Å²) >= 11 is 0. The van der Waals surface area contributed by atoms with E-state index in [2.05, 4.69) is 15.5 Å². The molecule has 0 aliphatic carbocycles. The van der Waals surface area contributed by atoms with Gasteiger partial charge in [-0.15, -0.1) is 0 Å². The zero-order valence-corrected chi connectivity index (χ0v) is 19.8. The average molecular weight is 458 g/mol. The Balaban J connectivity index is 1.85. The van der Waals surface area contributed by atoms with Crippen molar-refractivity contribution in [1.82, 2.24) is 25.3 Å². The molecular formula is C24H35N5O4. The fourth-order valence-electron chi connectivity index (χ4n) is 4.18. The van der Waals surface area contributed by atoms with Gasteiger partial charge in [-0.05, 0) is 25.3 Å². The number of ether oxygens (including phenoxy) is 1. The van der Waals surface area contributed by atoms with E-state index >= 15 is 0 Å². The van der Waals surface area contributed by atoms with Crippen LogP contribution in [0.1, 0.15) is 38.3 Å². The summed E-state index contributed by atoms with van der Waals surface area (Å²) in [6.45, 7) is 7.83. The second kappa shape index (κ2) is 11.7. The van der Waals surface area contributed by atoms with Crippen LogP contribution in [0.4, 0.5) is 9.59 Å². The van der Waals surface area contributed by atoms with Crippen LogP contribution in [0.5, 0.6) is 0 Å². The van der Waals surface area contributed by atoms with Gasteiger partial charge in [0.25, 0.3) is 0 Å². The molecule has 2 aliphatic heterocycles. The molecule has 1 atom stereocenters. The lowest BCUT2D eigenvalue weighted by atomic mass is 9.94. The quantitative estimate of drug-likeness (QED) is 0.613. The SMILES string of the molecule is CCCNC(=O)N1CCCN(CC2=C(C(=O)OCC)[C@H](c3ccccc3)NC(=O)N2C)CC1. The summed E-state index contributed by atoms with van der Waals surface area (Å²) in [6.07, 6.45) is 1.72. The average Bonchev–Trinajstić information content (AvgIpc) is 3.06. The summed E-state index contributed by atoms with van der Waals surface area (Å²) in [7, 11) is 1.67. The van der Waals surface area contributed by atoms with E-state index in [4.69, 9.17) is 4.74 Å². The number of urea groups is 2. The highest BCUT2D eigenvalue weighted by Gasteiger charge is 2.37. The molecule has 33 heavy (non-hydrogen) atoms. The van der Waals surface area contributed by atoms with Gasteiger partial charge in [-0.25, -0.2) is 14.4 Å². The molecule has 1 aromatic carbocycles. The van der Waals surface area contributed by atoms with Crippen molar-refractivity contribution in [3.05, 3.63) is 47.2 Å². The van der Waals surface area contributed by atoms with Gasteiger partial charge in [0.1, 0.15) is 0 Å². The molecule has 0 unspecified atom stereocenters. The summed E-state index contributed by atoms with van der Waals surface area (Å²) in [4.78, 5) is 43.8. The number of hydrogen-bond acceptors (Lipinski definition) is 5. The van der Waals surface area contributed by atoms with Crippen molar-refractivity contribution in [1.29, 1.82) is 0 Å². The lowest BCUT2D eigenvalue weighted by Crippen LogP contribution is -2.49. The number of amides is 4. The number of benzene rings is 1. The van der Waals surface area contributed by atoms with Crippen LogP contribution in [0.15, 0.2) is 41.6 Å². The Morgan fingerprint density at radius 3 is 2.58 bits per heavy atom. The molecule has 180 valence electrons. The van der Waals surface area contributed by atoms with Crippen LogP contribution in [-0.2, 0) is 9.53 Å². The third-order valence-corrected chi connectivity index (χ3v) is 5.98. The van der Waals surface area contributed by atoms with Crippen LogP contribution < -0.4 is 10.6 Å². The van der Waals surface area contributed by atoms with E-state index in [0.29, 0.717) is 44.0 Å². The Morgan fingerprint density at radius 1 is 1.12 bits per heavy atom. The molecule has 0 bridgehead atoms. The lowest BCUT2D eigenvalue weighted by molar-refractivity contribution is -0.139. The number of hydrogen-bond donors (Lipinski definition) is 2. The summed E-state index contributed by atoms with van der Waals surface area (Å²) in [6, 6.07) is 8.58. The molecule has 9 heteroatoms. The van der Waals surface area contributed by atoms with E-state index in [-0.39, 0.29) is 18.7 Å². The number of rotatable bonds is 7. The molecular weight excluding hydrogens is 422 g/mol. The van der Waals surface area contributed by atoms with E-state index in [1.165, 1.54) is 4.90 Å². The Hall–Kier alpha value is -3.07. The van der Waals surface area contributed by atoms with Crippen molar-refractivity contribution in [3.63, 3.8) is 0 Å². The summed E-state index contributed by atoms with van der Waals surface area (Å²) < 4.78 is 5.39. The van der Waals surface area contributed by atoms with Gasteiger partial charge < -0.3 is 20.3 Å². The number of carbonyl (C=O) groups is 3. The van der Waals surface area contributed by atoms with Crippen LogP contribution in [-0.4, -0.2) is 85.7 Å². The predicted octanol–water partition coefficient (Wildman–Crippen LogP) is 2.33. The highest BCUT2D eigenvalue weighted by Crippen LogP contribution is 2.31. The number of esters is 1. The predicted molar refractivity (Wildman–Crippen MR) is 125 cm³/mol. The van der Waals surface area contributed by atoms with Gasteiger partial charge in [-0.2, -0.15) is 0 Å². The fourth-order valence-corrected chi connectivity index (χ4v) is 4.18. The molecule has 1 aromatic rings. The maximum atomic E-state index is 13.1. The Kier molecular flexibility index (Phi) is 8.71. The third-order valence-electron chi connectivity index (χ3n) is 5.98. The highest BCUT2D eigenvalue weighted by molar-refractivity contribution is 5.95. The van der Waals surface area contributed by atoms with E-state index in [1.54, 1.807) is 14.0 Å². The number of nitrogens with zero attached hydrogens (tertiary/aromatic N) is 3. The molecule has 2 heterocycles. The van der Waals surface area contributed by atoms with Crippen LogP contribution in [0.25, 0.3) is 0 Å². The van der Waals surface area contributed by atoms with Crippen molar-refractivity contribution in [2.75, 3.05) is 52.9 Å².